The molecule has 1 fully saturated rings. The van der Waals surface area contributed by atoms with Crippen molar-refractivity contribution in [2.75, 3.05) is 6.61 Å². The van der Waals surface area contributed by atoms with Crippen molar-refractivity contribution in [3.63, 3.8) is 0 Å². The first-order valence-electron chi connectivity index (χ1n) is 10.9. The fraction of sp³-hybridized carbons (Fsp3) is 0.280. The molecule has 1 aromatic heterocycles. The average Bonchev–Trinajstić information content (AvgIpc) is 3.44. The molecule has 5 rings (SSSR count). The van der Waals surface area contributed by atoms with Crippen molar-refractivity contribution in [3.8, 4) is 5.69 Å². The highest BCUT2D eigenvalue weighted by Crippen LogP contribution is 2.35. The molecular weight excluding hydrogens is 464 g/mol. The summed E-state index contributed by atoms with van der Waals surface area (Å²) in [5.74, 6) is -0.518. The highest BCUT2D eigenvalue weighted by atomic mass is 35.5. The molecule has 5 nitrogen and oxygen atoms in total. The summed E-state index contributed by atoms with van der Waals surface area (Å²) in [6.45, 7) is 0.583. The van der Waals surface area contributed by atoms with E-state index in [2.05, 4.69) is 5.32 Å². The van der Waals surface area contributed by atoms with E-state index >= 15 is 0 Å². The molecule has 1 N–H and O–H groups in total. The van der Waals surface area contributed by atoms with Gasteiger partial charge in [-0.3, -0.25) is 4.79 Å². The maximum absolute atomic E-state index is 13.4. The average molecular weight is 486 g/mol. The van der Waals surface area contributed by atoms with Gasteiger partial charge in [0.15, 0.2) is 5.69 Å². The Labute approximate surface area is 201 Å². The first-order chi connectivity index (χ1) is 16.0. The molecule has 33 heavy (non-hydrogen) atoms. The van der Waals surface area contributed by atoms with Crippen LogP contribution in [-0.2, 0) is 11.3 Å². The predicted molar refractivity (Wildman–Crippen MR) is 127 cm³/mol. The lowest BCUT2D eigenvalue weighted by atomic mass is 10.0. The van der Waals surface area contributed by atoms with Crippen LogP contribution in [-0.4, -0.2) is 28.3 Å². The first-order valence-corrected chi connectivity index (χ1v) is 11.7. The van der Waals surface area contributed by atoms with E-state index in [-0.39, 0.29) is 24.4 Å². The molecule has 8 heteroatoms. The minimum absolute atomic E-state index is 0.163. The highest BCUT2D eigenvalue weighted by Gasteiger charge is 2.31. The number of fused-ring (bicyclic) bond motifs is 1. The Morgan fingerprint density at radius 2 is 1.88 bits per heavy atom. The summed E-state index contributed by atoms with van der Waals surface area (Å²) in [6, 6.07) is 11.5. The lowest BCUT2D eigenvalue weighted by Crippen LogP contribution is -2.33. The van der Waals surface area contributed by atoms with Crippen molar-refractivity contribution in [1.82, 2.24) is 15.1 Å². The largest absolute Gasteiger partial charge is 0.372 e. The molecule has 1 amide bonds. The lowest BCUT2D eigenvalue weighted by molar-refractivity contribution is 0.0924. The third-order valence-corrected chi connectivity index (χ3v) is 6.58. The maximum atomic E-state index is 13.4. The molecule has 3 aromatic rings. The van der Waals surface area contributed by atoms with Gasteiger partial charge in [-0.25, -0.2) is 9.07 Å². The molecule has 2 heterocycles. The van der Waals surface area contributed by atoms with Crippen LogP contribution in [0, 0.1) is 5.82 Å². The number of rotatable bonds is 4. The van der Waals surface area contributed by atoms with Crippen molar-refractivity contribution in [2.45, 2.75) is 38.3 Å². The molecule has 1 aliphatic carbocycles. The van der Waals surface area contributed by atoms with Crippen molar-refractivity contribution in [2.24, 2.45) is 0 Å². The minimum Gasteiger partial charge on any atom is -0.372 e. The van der Waals surface area contributed by atoms with Gasteiger partial charge in [0, 0.05) is 22.2 Å². The van der Waals surface area contributed by atoms with Crippen LogP contribution in [0.5, 0.6) is 0 Å². The van der Waals surface area contributed by atoms with Gasteiger partial charge in [0.05, 0.1) is 29.6 Å². The zero-order valence-corrected chi connectivity index (χ0v) is 19.3. The van der Waals surface area contributed by atoms with Crippen molar-refractivity contribution in [1.29, 1.82) is 0 Å². The molecular formula is C25H22Cl2FN3O2. The van der Waals surface area contributed by atoms with E-state index in [4.69, 9.17) is 33.0 Å². The summed E-state index contributed by atoms with van der Waals surface area (Å²) in [7, 11) is 0. The Balaban J connectivity index is 1.63. The van der Waals surface area contributed by atoms with E-state index in [1.807, 2.05) is 6.08 Å². The fourth-order valence-corrected chi connectivity index (χ4v) is 4.94. The van der Waals surface area contributed by atoms with Gasteiger partial charge in [0.25, 0.3) is 5.91 Å². The van der Waals surface area contributed by atoms with E-state index < -0.39 is 0 Å². The topological polar surface area (TPSA) is 56.2 Å². The number of carbonyl (C=O) groups excluding carboxylic acids is 1. The van der Waals surface area contributed by atoms with Gasteiger partial charge in [-0.15, -0.1) is 0 Å². The van der Waals surface area contributed by atoms with Crippen LogP contribution in [0.25, 0.3) is 17.3 Å². The number of amides is 1. The molecule has 2 aromatic carbocycles. The van der Waals surface area contributed by atoms with E-state index in [9.17, 15) is 9.18 Å². The second-order valence-electron chi connectivity index (χ2n) is 8.35. The number of nitrogens with one attached hydrogen (secondary N) is 1. The SMILES string of the molecule is O=C(NC1CCCC1)c1nn(-c2ccc(Cl)cc2Cl)c2c1COCC2=Cc1ccc(F)cc1. The van der Waals surface area contributed by atoms with Gasteiger partial charge in [-0.05, 0) is 54.8 Å². The first kappa shape index (κ1) is 22.1. The molecule has 1 saturated carbocycles. The normalized spacial score (nSPS) is 17.4. The second-order valence-corrected chi connectivity index (χ2v) is 9.20. The Morgan fingerprint density at radius 3 is 2.61 bits per heavy atom. The van der Waals surface area contributed by atoms with Crippen LogP contribution in [0.2, 0.25) is 10.0 Å². The van der Waals surface area contributed by atoms with Crippen LogP contribution in [0.1, 0.15) is 53.0 Å². The Kier molecular flexibility index (Phi) is 6.23. The molecule has 0 unspecified atom stereocenters. The van der Waals surface area contributed by atoms with Crippen molar-refractivity contribution >= 4 is 40.8 Å². The molecule has 1 aliphatic heterocycles. The van der Waals surface area contributed by atoms with E-state index in [0.717, 1.165) is 42.5 Å². The summed E-state index contributed by atoms with van der Waals surface area (Å²) in [5.41, 5.74) is 4.04. The zero-order chi connectivity index (χ0) is 22.9. The number of ether oxygens (including phenoxy) is 1. The molecule has 0 radical (unpaired) electrons. The predicted octanol–water partition coefficient (Wildman–Crippen LogP) is 6.06. The van der Waals surface area contributed by atoms with Crippen LogP contribution in [0.4, 0.5) is 4.39 Å². The highest BCUT2D eigenvalue weighted by molar-refractivity contribution is 6.35. The van der Waals surface area contributed by atoms with Gasteiger partial charge in [0.2, 0.25) is 0 Å². The summed E-state index contributed by atoms with van der Waals surface area (Å²) in [4.78, 5) is 13.2. The summed E-state index contributed by atoms with van der Waals surface area (Å²) in [6.07, 6.45) is 6.10. The second kappa shape index (κ2) is 9.29. The summed E-state index contributed by atoms with van der Waals surface area (Å²) in [5, 5.41) is 8.74. The van der Waals surface area contributed by atoms with Gasteiger partial charge in [-0.2, -0.15) is 5.10 Å². The van der Waals surface area contributed by atoms with Gasteiger partial charge >= 0.3 is 0 Å². The molecule has 170 valence electrons. The van der Waals surface area contributed by atoms with Gasteiger partial charge in [0.1, 0.15) is 5.82 Å². The molecule has 0 atom stereocenters. The Hall–Kier alpha value is -2.67. The smallest absolute Gasteiger partial charge is 0.272 e. The number of halogens is 3. The van der Waals surface area contributed by atoms with Gasteiger partial charge in [-0.1, -0.05) is 48.2 Å². The minimum atomic E-state index is -0.304. The molecule has 0 spiro atoms. The number of carbonyl (C=O) groups is 1. The number of hydrogen-bond acceptors (Lipinski definition) is 3. The number of aromatic nitrogens is 2. The van der Waals surface area contributed by atoms with Crippen LogP contribution >= 0.6 is 23.2 Å². The lowest BCUT2D eigenvalue weighted by Gasteiger charge is -2.19. The summed E-state index contributed by atoms with van der Waals surface area (Å²) >= 11 is 12.6. The van der Waals surface area contributed by atoms with E-state index in [0.29, 0.717) is 33.6 Å². The third-order valence-electron chi connectivity index (χ3n) is 6.05. The molecule has 0 saturated heterocycles. The number of hydrogen-bond donors (Lipinski definition) is 1. The van der Waals surface area contributed by atoms with E-state index in [1.54, 1.807) is 35.0 Å². The molecule has 2 aliphatic rings. The van der Waals surface area contributed by atoms with Crippen LogP contribution < -0.4 is 5.32 Å². The van der Waals surface area contributed by atoms with Crippen LogP contribution in [0.15, 0.2) is 42.5 Å². The fourth-order valence-electron chi connectivity index (χ4n) is 4.45. The zero-order valence-electron chi connectivity index (χ0n) is 17.8. The number of benzene rings is 2. The van der Waals surface area contributed by atoms with E-state index in [1.165, 1.54) is 12.1 Å². The Morgan fingerprint density at radius 1 is 1.12 bits per heavy atom. The van der Waals surface area contributed by atoms with Gasteiger partial charge < -0.3 is 10.1 Å². The molecule has 0 bridgehead atoms. The van der Waals surface area contributed by atoms with Crippen molar-refractivity contribution in [3.05, 3.63) is 80.8 Å². The number of nitrogens with zero attached hydrogens (tertiary/aromatic N) is 2. The third kappa shape index (κ3) is 4.56. The maximum Gasteiger partial charge on any atom is 0.272 e. The summed E-state index contributed by atoms with van der Waals surface area (Å²) < 4.78 is 20.9. The quantitative estimate of drug-likeness (QED) is 0.488. The van der Waals surface area contributed by atoms with Crippen LogP contribution in [0.3, 0.4) is 0 Å². The Bertz CT molecular complexity index is 1230. The standard InChI is InChI=1S/C25H22Cl2FN3O2/c26-17-7-10-22(21(27)12-17)31-24-16(11-15-5-8-18(28)9-6-15)13-33-14-20(24)23(30-31)25(32)29-19-3-1-2-4-19/h5-12,19H,1-4,13-14H2,(H,29,32). The monoisotopic (exact) mass is 485 g/mol. The van der Waals surface area contributed by atoms with Crippen molar-refractivity contribution < 1.29 is 13.9 Å².